The fraction of sp³-hybridized carbons (Fsp3) is 0. The Kier molecular flexibility index (Phi) is 2.09. The molecule has 0 aliphatic carbocycles. The molecule has 2 amide bonds. The van der Waals surface area contributed by atoms with E-state index in [1.54, 1.807) is 24.3 Å². The molecule has 2 aromatic rings. The zero-order chi connectivity index (χ0) is 12.7. The number of amides is 2. The minimum atomic E-state index is -0.487. The number of rotatable bonds is 1. The lowest BCUT2D eigenvalue weighted by atomic mass is 10.1. The molecule has 1 aromatic carbocycles. The summed E-state index contributed by atoms with van der Waals surface area (Å²) >= 11 is 0. The molecule has 0 saturated heterocycles. The van der Waals surface area contributed by atoms with E-state index in [1.807, 2.05) is 0 Å². The standard InChI is InChI=1S/C12H8N4O2/c13-8-4-1-3-7-9(8)11(18)16(10(7)17)12-14-5-2-6-15-12/h1-6H,13H2. The normalized spacial score (nSPS) is 13.9. The summed E-state index contributed by atoms with van der Waals surface area (Å²) in [6, 6.07) is 6.39. The molecule has 0 saturated carbocycles. The number of anilines is 2. The van der Waals surface area contributed by atoms with Gasteiger partial charge in [-0.2, -0.15) is 0 Å². The Balaban J connectivity index is 2.17. The zero-order valence-electron chi connectivity index (χ0n) is 9.20. The SMILES string of the molecule is Nc1cccc2c1C(=O)N(c1ncccn1)C2=O. The van der Waals surface area contributed by atoms with Crippen LogP contribution in [0.2, 0.25) is 0 Å². The maximum atomic E-state index is 12.2. The first-order valence-electron chi connectivity index (χ1n) is 5.24. The molecule has 1 aliphatic heterocycles. The summed E-state index contributed by atoms with van der Waals surface area (Å²) in [4.78, 5) is 33.0. The smallest absolute Gasteiger partial charge is 0.270 e. The molecule has 6 nitrogen and oxygen atoms in total. The van der Waals surface area contributed by atoms with E-state index in [0.717, 1.165) is 4.90 Å². The molecule has 18 heavy (non-hydrogen) atoms. The number of imide groups is 1. The highest BCUT2D eigenvalue weighted by atomic mass is 16.2. The molecule has 88 valence electrons. The number of nitrogens with two attached hydrogens (primary N) is 1. The van der Waals surface area contributed by atoms with E-state index in [-0.39, 0.29) is 22.8 Å². The largest absolute Gasteiger partial charge is 0.398 e. The lowest BCUT2D eigenvalue weighted by molar-refractivity contribution is 0.0924. The van der Waals surface area contributed by atoms with Crippen molar-refractivity contribution in [3.8, 4) is 0 Å². The second kappa shape index (κ2) is 3.63. The van der Waals surface area contributed by atoms with Crippen LogP contribution in [0.1, 0.15) is 20.7 Å². The Morgan fingerprint density at radius 2 is 1.72 bits per heavy atom. The highest BCUT2D eigenvalue weighted by Crippen LogP contribution is 2.29. The van der Waals surface area contributed by atoms with Gasteiger partial charge in [0.25, 0.3) is 11.8 Å². The lowest BCUT2D eigenvalue weighted by Crippen LogP contribution is -2.31. The van der Waals surface area contributed by atoms with Gasteiger partial charge in [0, 0.05) is 18.1 Å². The molecular formula is C12H8N4O2. The maximum absolute atomic E-state index is 12.2. The van der Waals surface area contributed by atoms with Gasteiger partial charge in [-0.05, 0) is 18.2 Å². The molecular weight excluding hydrogens is 232 g/mol. The average molecular weight is 240 g/mol. The van der Waals surface area contributed by atoms with Crippen molar-refractivity contribution >= 4 is 23.5 Å². The van der Waals surface area contributed by atoms with E-state index < -0.39 is 11.8 Å². The molecule has 0 bridgehead atoms. The van der Waals surface area contributed by atoms with E-state index in [4.69, 9.17) is 5.73 Å². The van der Waals surface area contributed by atoms with E-state index in [1.165, 1.54) is 12.4 Å². The summed E-state index contributed by atoms with van der Waals surface area (Å²) in [6.07, 6.45) is 2.93. The lowest BCUT2D eigenvalue weighted by Gasteiger charge is -2.10. The number of carbonyl (C=O) groups excluding carboxylic acids is 2. The fourth-order valence-electron chi connectivity index (χ4n) is 1.90. The second-order valence-electron chi connectivity index (χ2n) is 3.76. The number of benzene rings is 1. The highest BCUT2D eigenvalue weighted by molar-refractivity contribution is 6.35. The van der Waals surface area contributed by atoms with Crippen molar-refractivity contribution in [2.75, 3.05) is 10.6 Å². The molecule has 0 fully saturated rings. The van der Waals surface area contributed by atoms with Crippen molar-refractivity contribution in [3.63, 3.8) is 0 Å². The monoisotopic (exact) mass is 240 g/mol. The van der Waals surface area contributed by atoms with Gasteiger partial charge in [-0.15, -0.1) is 0 Å². The third-order valence-electron chi connectivity index (χ3n) is 2.70. The summed E-state index contributed by atoms with van der Waals surface area (Å²) < 4.78 is 0. The first kappa shape index (κ1) is 10.4. The molecule has 1 aromatic heterocycles. The van der Waals surface area contributed by atoms with Crippen LogP contribution in [0.5, 0.6) is 0 Å². The van der Waals surface area contributed by atoms with Crippen LogP contribution in [0.25, 0.3) is 0 Å². The number of fused-ring (bicyclic) bond motifs is 1. The van der Waals surface area contributed by atoms with Crippen LogP contribution in [0, 0.1) is 0 Å². The molecule has 3 rings (SSSR count). The molecule has 0 atom stereocenters. The van der Waals surface area contributed by atoms with Crippen LogP contribution in [-0.4, -0.2) is 21.8 Å². The summed E-state index contributed by atoms with van der Waals surface area (Å²) in [7, 11) is 0. The van der Waals surface area contributed by atoms with Crippen LogP contribution < -0.4 is 10.6 Å². The minimum Gasteiger partial charge on any atom is -0.398 e. The van der Waals surface area contributed by atoms with Gasteiger partial charge in [0.2, 0.25) is 5.95 Å². The summed E-state index contributed by atoms with van der Waals surface area (Å²) in [5, 5.41) is 0. The van der Waals surface area contributed by atoms with Crippen LogP contribution >= 0.6 is 0 Å². The highest BCUT2D eigenvalue weighted by Gasteiger charge is 2.39. The van der Waals surface area contributed by atoms with E-state index in [0.29, 0.717) is 0 Å². The van der Waals surface area contributed by atoms with Crippen LogP contribution in [0.3, 0.4) is 0 Å². The zero-order valence-corrected chi connectivity index (χ0v) is 9.20. The maximum Gasteiger partial charge on any atom is 0.270 e. The summed E-state index contributed by atoms with van der Waals surface area (Å²) in [6.45, 7) is 0. The summed E-state index contributed by atoms with van der Waals surface area (Å²) in [5.74, 6) is -0.879. The Morgan fingerprint density at radius 1 is 1.00 bits per heavy atom. The summed E-state index contributed by atoms with van der Waals surface area (Å²) in [5.41, 5.74) is 6.51. The number of aromatic nitrogens is 2. The predicted molar refractivity (Wildman–Crippen MR) is 64.0 cm³/mol. The predicted octanol–water partition coefficient (Wildman–Crippen LogP) is 0.859. The van der Waals surface area contributed by atoms with Crippen molar-refractivity contribution in [2.24, 2.45) is 0 Å². The van der Waals surface area contributed by atoms with Crippen molar-refractivity contribution in [1.29, 1.82) is 0 Å². The first-order valence-corrected chi connectivity index (χ1v) is 5.24. The van der Waals surface area contributed by atoms with Gasteiger partial charge in [-0.25, -0.2) is 14.9 Å². The second-order valence-corrected chi connectivity index (χ2v) is 3.76. The van der Waals surface area contributed by atoms with E-state index in [2.05, 4.69) is 9.97 Å². The van der Waals surface area contributed by atoms with Gasteiger partial charge >= 0.3 is 0 Å². The molecule has 0 spiro atoms. The number of hydrogen-bond acceptors (Lipinski definition) is 5. The van der Waals surface area contributed by atoms with E-state index in [9.17, 15) is 9.59 Å². The van der Waals surface area contributed by atoms with E-state index >= 15 is 0 Å². The third-order valence-corrected chi connectivity index (χ3v) is 2.70. The molecule has 2 N–H and O–H groups in total. The molecule has 6 heteroatoms. The Labute approximate surface area is 102 Å². The van der Waals surface area contributed by atoms with Crippen molar-refractivity contribution in [3.05, 3.63) is 47.8 Å². The van der Waals surface area contributed by atoms with Gasteiger partial charge in [0.05, 0.1) is 11.1 Å². The molecule has 2 heterocycles. The Bertz CT molecular complexity index is 654. The molecule has 0 unspecified atom stereocenters. The van der Waals surface area contributed by atoms with Crippen molar-refractivity contribution in [2.45, 2.75) is 0 Å². The quantitative estimate of drug-likeness (QED) is 0.589. The van der Waals surface area contributed by atoms with Gasteiger partial charge in [0.15, 0.2) is 0 Å². The third kappa shape index (κ3) is 1.29. The van der Waals surface area contributed by atoms with Gasteiger partial charge in [0.1, 0.15) is 0 Å². The fourth-order valence-corrected chi connectivity index (χ4v) is 1.90. The van der Waals surface area contributed by atoms with Gasteiger partial charge in [-0.3, -0.25) is 9.59 Å². The topological polar surface area (TPSA) is 89.2 Å². The van der Waals surface area contributed by atoms with Gasteiger partial charge in [-0.1, -0.05) is 6.07 Å². The average Bonchev–Trinajstić information content (AvgIpc) is 2.64. The van der Waals surface area contributed by atoms with Crippen LogP contribution in [0.15, 0.2) is 36.7 Å². The number of nitrogens with zero attached hydrogens (tertiary/aromatic N) is 3. The van der Waals surface area contributed by atoms with Crippen LogP contribution in [0.4, 0.5) is 11.6 Å². The van der Waals surface area contributed by atoms with Gasteiger partial charge < -0.3 is 5.73 Å². The first-order chi connectivity index (χ1) is 8.70. The molecule has 0 radical (unpaired) electrons. The van der Waals surface area contributed by atoms with Crippen molar-refractivity contribution in [1.82, 2.24) is 9.97 Å². The minimum absolute atomic E-state index is 0.0584. The molecule has 1 aliphatic rings. The van der Waals surface area contributed by atoms with Crippen molar-refractivity contribution < 1.29 is 9.59 Å². The Morgan fingerprint density at radius 3 is 2.39 bits per heavy atom. The Hall–Kier alpha value is -2.76. The van der Waals surface area contributed by atoms with Crippen LogP contribution in [-0.2, 0) is 0 Å². The number of carbonyl (C=O) groups is 2. The number of nitrogen functional groups attached to an aromatic ring is 1. The number of hydrogen-bond donors (Lipinski definition) is 1.